The first-order valence-electron chi connectivity index (χ1n) is 8.24. The van der Waals surface area contributed by atoms with E-state index in [-0.39, 0.29) is 0 Å². The molecule has 0 aromatic heterocycles. The molecule has 0 fully saturated rings. The van der Waals surface area contributed by atoms with Crippen molar-refractivity contribution in [2.75, 3.05) is 17.7 Å². The molecule has 2 N–H and O–H groups in total. The van der Waals surface area contributed by atoms with E-state index >= 15 is 0 Å². The Morgan fingerprint density at radius 2 is 1.30 bits per heavy atom. The minimum atomic E-state index is -0.765. The number of rotatable bonds is 5. The fraction of sp³-hybridized carbons (Fsp3) is 0.0476. The summed E-state index contributed by atoms with van der Waals surface area (Å²) in [6.07, 6.45) is 0. The second-order valence-corrected chi connectivity index (χ2v) is 6.64. The predicted molar refractivity (Wildman–Crippen MR) is 107 cm³/mol. The van der Waals surface area contributed by atoms with Gasteiger partial charge in [-0.3, -0.25) is 9.59 Å². The highest BCUT2D eigenvalue weighted by atomic mass is 32.2. The van der Waals surface area contributed by atoms with Crippen molar-refractivity contribution in [1.82, 2.24) is 0 Å². The van der Waals surface area contributed by atoms with Gasteiger partial charge < -0.3 is 15.4 Å². The van der Waals surface area contributed by atoms with Crippen LogP contribution in [0.2, 0.25) is 0 Å². The van der Waals surface area contributed by atoms with Crippen molar-refractivity contribution in [2.24, 2.45) is 0 Å². The lowest BCUT2D eigenvalue weighted by Gasteiger charge is -2.12. The van der Waals surface area contributed by atoms with Crippen molar-refractivity contribution in [1.29, 1.82) is 0 Å². The number of carbonyl (C=O) groups excluding carboxylic acids is 2. The molecule has 3 aromatic carbocycles. The molecule has 0 spiro atoms. The number of anilines is 2. The third-order valence-corrected chi connectivity index (χ3v) is 4.75. The van der Waals surface area contributed by atoms with E-state index in [4.69, 9.17) is 4.74 Å². The van der Waals surface area contributed by atoms with Crippen LogP contribution < -0.4 is 15.4 Å². The lowest BCUT2D eigenvalue weighted by molar-refractivity contribution is -0.133. The summed E-state index contributed by atoms with van der Waals surface area (Å²) in [6, 6.07) is 24.1. The van der Waals surface area contributed by atoms with Crippen LogP contribution in [0.25, 0.3) is 0 Å². The molecule has 6 heteroatoms. The zero-order valence-electron chi connectivity index (χ0n) is 14.6. The van der Waals surface area contributed by atoms with Crippen molar-refractivity contribution < 1.29 is 14.3 Å². The summed E-state index contributed by atoms with van der Waals surface area (Å²) in [6.45, 7) is 0. The summed E-state index contributed by atoms with van der Waals surface area (Å²) in [5.74, 6) is -1.03. The number of carbonyl (C=O) groups is 2. The SMILES string of the molecule is COc1ccccc1NC(=O)C(=O)Nc1ccccc1Sc1ccccc1. The van der Waals surface area contributed by atoms with Gasteiger partial charge in [0.15, 0.2) is 0 Å². The highest BCUT2D eigenvalue weighted by molar-refractivity contribution is 7.99. The van der Waals surface area contributed by atoms with Crippen LogP contribution in [-0.2, 0) is 9.59 Å². The molecule has 5 nitrogen and oxygen atoms in total. The number of hydrogen-bond donors (Lipinski definition) is 2. The van der Waals surface area contributed by atoms with Gasteiger partial charge in [0.1, 0.15) is 5.75 Å². The molecule has 0 atom stereocenters. The second kappa shape index (κ2) is 8.91. The third kappa shape index (κ3) is 4.89. The van der Waals surface area contributed by atoms with Gasteiger partial charge in [-0.15, -0.1) is 0 Å². The Bertz CT molecular complexity index is 945. The Morgan fingerprint density at radius 1 is 0.741 bits per heavy atom. The van der Waals surface area contributed by atoms with Gasteiger partial charge in [-0.25, -0.2) is 0 Å². The largest absolute Gasteiger partial charge is 0.495 e. The standard InChI is InChI=1S/C21H18N2O3S/c1-26-18-13-7-5-11-16(18)22-20(24)21(25)23-17-12-6-8-14-19(17)27-15-9-3-2-4-10-15/h2-14H,1H3,(H,22,24)(H,23,25). The van der Waals surface area contributed by atoms with Crippen LogP contribution in [-0.4, -0.2) is 18.9 Å². The third-order valence-electron chi connectivity index (χ3n) is 3.67. The maximum absolute atomic E-state index is 12.3. The Morgan fingerprint density at radius 3 is 2.00 bits per heavy atom. The fourth-order valence-electron chi connectivity index (χ4n) is 2.38. The molecule has 0 heterocycles. The fourth-order valence-corrected chi connectivity index (χ4v) is 3.30. The van der Waals surface area contributed by atoms with Gasteiger partial charge in [0, 0.05) is 9.79 Å². The van der Waals surface area contributed by atoms with E-state index < -0.39 is 11.8 Å². The maximum Gasteiger partial charge on any atom is 0.314 e. The Labute approximate surface area is 161 Å². The van der Waals surface area contributed by atoms with Crippen LogP contribution in [0.3, 0.4) is 0 Å². The minimum absolute atomic E-state index is 0.437. The first-order valence-corrected chi connectivity index (χ1v) is 9.06. The zero-order chi connectivity index (χ0) is 19.1. The summed E-state index contributed by atoms with van der Waals surface area (Å²) in [5, 5.41) is 5.24. The molecule has 2 amide bonds. The second-order valence-electron chi connectivity index (χ2n) is 5.52. The highest BCUT2D eigenvalue weighted by Gasteiger charge is 2.17. The van der Waals surface area contributed by atoms with Gasteiger partial charge in [0.05, 0.1) is 18.5 Å². The summed E-state index contributed by atoms with van der Waals surface area (Å²) >= 11 is 1.51. The van der Waals surface area contributed by atoms with Gasteiger partial charge in [-0.1, -0.05) is 54.2 Å². The van der Waals surface area contributed by atoms with E-state index in [9.17, 15) is 9.59 Å². The van der Waals surface area contributed by atoms with Gasteiger partial charge >= 0.3 is 11.8 Å². The molecule has 3 aromatic rings. The number of nitrogens with one attached hydrogen (secondary N) is 2. The molecule has 0 radical (unpaired) electrons. The number of para-hydroxylation sites is 3. The summed E-state index contributed by atoms with van der Waals surface area (Å²) in [4.78, 5) is 26.5. The van der Waals surface area contributed by atoms with E-state index in [0.717, 1.165) is 9.79 Å². The first-order chi connectivity index (χ1) is 13.2. The number of benzene rings is 3. The number of ether oxygens (including phenoxy) is 1. The van der Waals surface area contributed by atoms with E-state index in [2.05, 4.69) is 10.6 Å². The van der Waals surface area contributed by atoms with Gasteiger partial charge in [0.2, 0.25) is 0 Å². The van der Waals surface area contributed by atoms with Crippen molar-refractivity contribution in [3.63, 3.8) is 0 Å². The molecule has 136 valence electrons. The maximum atomic E-state index is 12.3. The zero-order valence-corrected chi connectivity index (χ0v) is 15.5. The topological polar surface area (TPSA) is 67.4 Å². The minimum Gasteiger partial charge on any atom is -0.495 e. The van der Waals surface area contributed by atoms with Crippen LogP contribution >= 0.6 is 11.8 Å². The molecule has 0 aliphatic carbocycles. The first kappa shape index (κ1) is 18.5. The van der Waals surface area contributed by atoms with E-state index in [1.54, 1.807) is 30.3 Å². The normalized spacial score (nSPS) is 10.1. The van der Waals surface area contributed by atoms with Crippen LogP contribution in [0.1, 0.15) is 0 Å². The molecule has 0 saturated heterocycles. The van der Waals surface area contributed by atoms with Gasteiger partial charge in [0.25, 0.3) is 0 Å². The van der Waals surface area contributed by atoms with Crippen molar-refractivity contribution >= 4 is 35.0 Å². The average Bonchev–Trinajstić information content (AvgIpc) is 2.70. The number of hydrogen-bond acceptors (Lipinski definition) is 4. The van der Waals surface area contributed by atoms with Crippen LogP contribution in [0, 0.1) is 0 Å². The smallest absolute Gasteiger partial charge is 0.314 e. The predicted octanol–water partition coefficient (Wildman–Crippen LogP) is 4.42. The molecular formula is C21H18N2O3S. The van der Waals surface area contributed by atoms with Crippen molar-refractivity contribution in [2.45, 2.75) is 9.79 Å². The van der Waals surface area contributed by atoms with Crippen LogP contribution in [0.15, 0.2) is 88.7 Å². The monoisotopic (exact) mass is 378 g/mol. The molecule has 3 rings (SSSR count). The summed E-state index contributed by atoms with van der Waals surface area (Å²) in [7, 11) is 1.50. The van der Waals surface area contributed by atoms with Gasteiger partial charge in [-0.2, -0.15) is 0 Å². The Hall–Kier alpha value is -3.25. The van der Waals surface area contributed by atoms with E-state index in [0.29, 0.717) is 17.1 Å². The van der Waals surface area contributed by atoms with Crippen LogP contribution in [0.5, 0.6) is 5.75 Å². The Balaban J connectivity index is 1.71. The lowest BCUT2D eigenvalue weighted by atomic mass is 10.3. The summed E-state index contributed by atoms with van der Waals surface area (Å²) < 4.78 is 5.18. The molecule has 0 bridgehead atoms. The lowest BCUT2D eigenvalue weighted by Crippen LogP contribution is -2.29. The van der Waals surface area contributed by atoms with Crippen molar-refractivity contribution in [3.8, 4) is 5.75 Å². The highest BCUT2D eigenvalue weighted by Crippen LogP contribution is 2.33. The summed E-state index contributed by atoms with van der Waals surface area (Å²) in [5.41, 5.74) is 1.01. The number of amides is 2. The molecule has 0 aliphatic rings. The Kier molecular flexibility index (Phi) is 6.12. The van der Waals surface area contributed by atoms with Gasteiger partial charge in [-0.05, 0) is 36.4 Å². The van der Waals surface area contributed by atoms with E-state index in [1.807, 2.05) is 48.5 Å². The van der Waals surface area contributed by atoms with Crippen molar-refractivity contribution in [3.05, 3.63) is 78.9 Å². The quantitative estimate of drug-likeness (QED) is 0.645. The number of methoxy groups -OCH3 is 1. The van der Waals surface area contributed by atoms with E-state index in [1.165, 1.54) is 18.9 Å². The molecular weight excluding hydrogens is 360 g/mol. The molecule has 0 aliphatic heterocycles. The molecule has 27 heavy (non-hydrogen) atoms. The average molecular weight is 378 g/mol. The molecule has 0 saturated carbocycles. The van der Waals surface area contributed by atoms with Crippen LogP contribution in [0.4, 0.5) is 11.4 Å². The molecule has 0 unspecified atom stereocenters.